The monoisotopic (exact) mass is 384 g/mol. The predicted octanol–water partition coefficient (Wildman–Crippen LogP) is 3.99. The van der Waals surface area contributed by atoms with E-state index in [4.69, 9.17) is 4.74 Å². The molecule has 0 aliphatic heterocycles. The van der Waals surface area contributed by atoms with Crippen LogP contribution in [0, 0.1) is 6.92 Å². The zero-order valence-corrected chi connectivity index (χ0v) is 15.9. The Hall–Kier alpha value is -3.93. The van der Waals surface area contributed by atoms with Crippen LogP contribution in [0.15, 0.2) is 84.1 Å². The number of aromatic nitrogens is 2. The number of imidazole rings is 1. The number of amides is 1. The highest BCUT2D eigenvalue weighted by Gasteiger charge is 2.15. The quantitative estimate of drug-likeness (QED) is 0.404. The molecule has 29 heavy (non-hydrogen) atoms. The van der Waals surface area contributed by atoms with Crippen molar-refractivity contribution in [3.63, 3.8) is 0 Å². The van der Waals surface area contributed by atoms with Crippen LogP contribution < -0.4 is 10.2 Å². The standard InChI is InChI=1S/C23H20N4O2/c1-17-22(27-14-6-5-9-21(27)25-17)23(28)26-24-15-18-10-12-20(13-11-18)29-16-19-7-3-2-4-8-19/h2-15H,16H2,1H3,(H,26,28)/b24-15-. The predicted molar refractivity (Wildman–Crippen MR) is 112 cm³/mol. The van der Waals surface area contributed by atoms with E-state index < -0.39 is 0 Å². The Labute approximate surface area is 168 Å². The van der Waals surface area contributed by atoms with Gasteiger partial charge in [0.05, 0.1) is 11.9 Å². The van der Waals surface area contributed by atoms with E-state index in [1.54, 1.807) is 17.5 Å². The first-order chi connectivity index (χ1) is 14.2. The summed E-state index contributed by atoms with van der Waals surface area (Å²) < 4.78 is 7.52. The number of carbonyl (C=O) groups excluding carboxylic acids is 1. The molecular formula is C23H20N4O2. The summed E-state index contributed by atoms with van der Waals surface area (Å²) in [4.78, 5) is 16.9. The van der Waals surface area contributed by atoms with Crippen LogP contribution in [-0.4, -0.2) is 21.5 Å². The Morgan fingerprint density at radius 1 is 1.07 bits per heavy atom. The molecule has 0 saturated carbocycles. The van der Waals surface area contributed by atoms with E-state index in [-0.39, 0.29) is 5.91 Å². The second-order valence-corrected chi connectivity index (χ2v) is 6.52. The maximum atomic E-state index is 12.5. The molecule has 4 aromatic rings. The molecule has 0 aliphatic carbocycles. The molecule has 0 atom stereocenters. The third-order valence-corrected chi connectivity index (χ3v) is 4.43. The molecule has 1 amide bonds. The minimum absolute atomic E-state index is 0.305. The molecule has 0 fully saturated rings. The second kappa shape index (κ2) is 8.39. The summed E-state index contributed by atoms with van der Waals surface area (Å²) in [6, 6.07) is 23.1. The number of hydrogen-bond acceptors (Lipinski definition) is 4. The molecule has 0 saturated heterocycles. The van der Waals surface area contributed by atoms with Gasteiger partial charge in [-0.05, 0) is 54.4 Å². The van der Waals surface area contributed by atoms with E-state index in [1.165, 1.54) is 0 Å². The Morgan fingerprint density at radius 3 is 2.62 bits per heavy atom. The van der Waals surface area contributed by atoms with Crippen LogP contribution in [0.3, 0.4) is 0 Å². The fourth-order valence-corrected chi connectivity index (χ4v) is 3.00. The third kappa shape index (κ3) is 4.32. The number of nitrogens with zero attached hydrogens (tertiary/aromatic N) is 3. The van der Waals surface area contributed by atoms with E-state index >= 15 is 0 Å². The van der Waals surface area contributed by atoms with Crippen molar-refractivity contribution >= 4 is 17.8 Å². The SMILES string of the molecule is Cc1nc2ccccn2c1C(=O)N/N=C\c1ccc(OCc2ccccc2)cc1. The Morgan fingerprint density at radius 2 is 1.83 bits per heavy atom. The van der Waals surface area contributed by atoms with Crippen molar-refractivity contribution in [2.45, 2.75) is 13.5 Å². The lowest BCUT2D eigenvalue weighted by molar-refractivity contribution is 0.0948. The van der Waals surface area contributed by atoms with Crippen LogP contribution in [0.5, 0.6) is 5.75 Å². The lowest BCUT2D eigenvalue weighted by Crippen LogP contribution is -2.20. The number of ether oxygens (including phenoxy) is 1. The first kappa shape index (κ1) is 18.4. The number of pyridine rings is 1. The molecular weight excluding hydrogens is 364 g/mol. The van der Waals surface area contributed by atoms with Crippen LogP contribution in [0.25, 0.3) is 5.65 Å². The van der Waals surface area contributed by atoms with Gasteiger partial charge in [0.2, 0.25) is 0 Å². The number of benzene rings is 2. The topological polar surface area (TPSA) is 68.0 Å². The van der Waals surface area contributed by atoms with Crippen LogP contribution in [0.1, 0.15) is 27.3 Å². The maximum Gasteiger partial charge on any atom is 0.290 e. The van der Waals surface area contributed by atoms with E-state index in [9.17, 15) is 4.79 Å². The minimum atomic E-state index is -0.305. The molecule has 6 heteroatoms. The molecule has 0 unspecified atom stereocenters. The molecule has 144 valence electrons. The van der Waals surface area contributed by atoms with Gasteiger partial charge in [0.1, 0.15) is 23.7 Å². The van der Waals surface area contributed by atoms with E-state index in [2.05, 4.69) is 15.5 Å². The van der Waals surface area contributed by atoms with Gasteiger partial charge in [0, 0.05) is 6.20 Å². The van der Waals surface area contributed by atoms with Gasteiger partial charge >= 0.3 is 0 Å². The van der Waals surface area contributed by atoms with E-state index in [0.717, 1.165) is 22.5 Å². The summed E-state index contributed by atoms with van der Waals surface area (Å²) in [6.45, 7) is 2.32. The van der Waals surface area contributed by atoms with E-state index in [0.29, 0.717) is 18.0 Å². The number of rotatable bonds is 6. The van der Waals surface area contributed by atoms with Crippen LogP contribution in [-0.2, 0) is 6.61 Å². The zero-order chi connectivity index (χ0) is 20.1. The number of hydrazone groups is 1. The van der Waals surface area contributed by atoms with Crippen molar-refractivity contribution in [1.29, 1.82) is 0 Å². The van der Waals surface area contributed by atoms with Gasteiger partial charge in [0.25, 0.3) is 5.91 Å². The first-order valence-electron chi connectivity index (χ1n) is 9.24. The van der Waals surface area contributed by atoms with Crippen molar-refractivity contribution in [1.82, 2.24) is 14.8 Å². The molecule has 2 heterocycles. The van der Waals surface area contributed by atoms with E-state index in [1.807, 2.05) is 79.0 Å². The lowest BCUT2D eigenvalue weighted by Gasteiger charge is -2.06. The van der Waals surface area contributed by atoms with Crippen LogP contribution in [0.2, 0.25) is 0 Å². The smallest absolute Gasteiger partial charge is 0.290 e. The molecule has 1 N–H and O–H groups in total. The zero-order valence-electron chi connectivity index (χ0n) is 15.9. The van der Waals surface area contributed by atoms with Crippen molar-refractivity contribution in [3.8, 4) is 5.75 Å². The average Bonchev–Trinajstić information content (AvgIpc) is 3.09. The fraction of sp³-hybridized carbons (Fsp3) is 0.0870. The average molecular weight is 384 g/mol. The van der Waals surface area contributed by atoms with Gasteiger partial charge < -0.3 is 4.74 Å². The van der Waals surface area contributed by atoms with Gasteiger partial charge in [-0.25, -0.2) is 10.4 Å². The van der Waals surface area contributed by atoms with Gasteiger partial charge in [-0.2, -0.15) is 5.10 Å². The Balaban J connectivity index is 1.36. The summed E-state index contributed by atoms with van der Waals surface area (Å²) >= 11 is 0. The summed E-state index contributed by atoms with van der Waals surface area (Å²) in [7, 11) is 0. The summed E-state index contributed by atoms with van der Waals surface area (Å²) in [5.41, 5.74) is 6.39. The second-order valence-electron chi connectivity index (χ2n) is 6.52. The largest absolute Gasteiger partial charge is 0.489 e. The highest BCUT2D eigenvalue weighted by Crippen LogP contribution is 2.14. The van der Waals surface area contributed by atoms with Crippen molar-refractivity contribution < 1.29 is 9.53 Å². The molecule has 4 rings (SSSR count). The molecule has 0 bridgehead atoms. The molecule has 0 spiro atoms. The molecule has 2 aromatic heterocycles. The van der Waals surface area contributed by atoms with Gasteiger partial charge in [-0.1, -0.05) is 36.4 Å². The molecule has 0 radical (unpaired) electrons. The summed E-state index contributed by atoms with van der Waals surface area (Å²) in [6.07, 6.45) is 3.40. The maximum absolute atomic E-state index is 12.5. The third-order valence-electron chi connectivity index (χ3n) is 4.43. The van der Waals surface area contributed by atoms with Crippen LogP contribution in [0.4, 0.5) is 0 Å². The number of fused-ring (bicyclic) bond motifs is 1. The van der Waals surface area contributed by atoms with Crippen molar-refractivity contribution in [2.24, 2.45) is 5.10 Å². The highest BCUT2D eigenvalue weighted by molar-refractivity contribution is 5.95. The normalized spacial score (nSPS) is 11.1. The number of aryl methyl sites for hydroxylation is 1. The van der Waals surface area contributed by atoms with Crippen molar-refractivity contribution in [3.05, 3.63) is 102 Å². The number of hydrogen-bond donors (Lipinski definition) is 1. The molecule has 6 nitrogen and oxygen atoms in total. The van der Waals surface area contributed by atoms with Crippen molar-refractivity contribution in [2.75, 3.05) is 0 Å². The number of nitrogens with one attached hydrogen (secondary N) is 1. The molecule has 2 aromatic carbocycles. The van der Waals surface area contributed by atoms with Gasteiger partial charge in [-0.3, -0.25) is 9.20 Å². The van der Waals surface area contributed by atoms with Gasteiger partial charge in [0.15, 0.2) is 0 Å². The highest BCUT2D eigenvalue weighted by atomic mass is 16.5. The minimum Gasteiger partial charge on any atom is -0.489 e. The first-order valence-corrected chi connectivity index (χ1v) is 9.24. The molecule has 0 aliphatic rings. The summed E-state index contributed by atoms with van der Waals surface area (Å²) in [5.74, 6) is 0.469. The fourth-order valence-electron chi connectivity index (χ4n) is 3.00. The summed E-state index contributed by atoms with van der Waals surface area (Å²) in [5, 5.41) is 4.06. The lowest BCUT2D eigenvalue weighted by atomic mass is 10.2. The Bertz CT molecular complexity index is 1150. The Kier molecular flexibility index (Phi) is 5.33. The van der Waals surface area contributed by atoms with Crippen LogP contribution >= 0.6 is 0 Å². The van der Waals surface area contributed by atoms with Gasteiger partial charge in [-0.15, -0.1) is 0 Å². The number of carbonyl (C=O) groups is 1.